The van der Waals surface area contributed by atoms with Crippen molar-refractivity contribution in [3.63, 3.8) is 0 Å². The first-order chi connectivity index (χ1) is 9.86. The van der Waals surface area contributed by atoms with Gasteiger partial charge >= 0.3 is 6.18 Å². The molecular formula is C14H19Cl3F4N2. The van der Waals surface area contributed by atoms with Crippen molar-refractivity contribution in [2.75, 3.05) is 26.2 Å². The van der Waals surface area contributed by atoms with E-state index < -0.39 is 23.6 Å². The molecule has 134 valence electrons. The molecular weight excluding hydrogens is 379 g/mol. The van der Waals surface area contributed by atoms with Crippen LogP contribution in [0, 0.1) is 5.82 Å². The van der Waals surface area contributed by atoms with E-state index in [0.717, 1.165) is 12.1 Å². The predicted molar refractivity (Wildman–Crippen MR) is 88.4 cm³/mol. The minimum atomic E-state index is -4.60. The van der Waals surface area contributed by atoms with Gasteiger partial charge in [-0.05, 0) is 18.6 Å². The summed E-state index contributed by atoms with van der Waals surface area (Å²) in [5.74, 6) is -0.961. The molecule has 1 aromatic carbocycles. The van der Waals surface area contributed by atoms with Gasteiger partial charge in [-0.15, -0.1) is 24.8 Å². The summed E-state index contributed by atoms with van der Waals surface area (Å²) >= 11 is 5.70. The fourth-order valence-corrected chi connectivity index (χ4v) is 2.94. The van der Waals surface area contributed by atoms with Gasteiger partial charge < -0.3 is 5.32 Å². The third-order valence-electron chi connectivity index (χ3n) is 3.75. The highest BCUT2D eigenvalue weighted by Gasteiger charge is 2.38. The highest BCUT2D eigenvalue weighted by atomic mass is 35.5. The highest BCUT2D eigenvalue weighted by molar-refractivity contribution is 6.30. The Kier molecular flexibility index (Phi) is 9.17. The lowest BCUT2D eigenvalue weighted by Crippen LogP contribution is -2.45. The average molecular weight is 398 g/mol. The largest absolute Gasteiger partial charge is 0.416 e. The lowest BCUT2D eigenvalue weighted by atomic mass is 9.95. The molecule has 1 saturated heterocycles. The molecule has 2 nitrogen and oxygen atoms in total. The summed E-state index contributed by atoms with van der Waals surface area (Å²) in [6.45, 7) is 4.29. The second kappa shape index (κ2) is 9.28. The zero-order valence-corrected chi connectivity index (χ0v) is 14.8. The van der Waals surface area contributed by atoms with Gasteiger partial charge in [0, 0.05) is 37.8 Å². The predicted octanol–water partition coefficient (Wildman–Crippen LogP) is 4.70. The van der Waals surface area contributed by atoms with E-state index in [4.69, 9.17) is 11.6 Å². The van der Waals surface area contributed by atoms with Gasteiger partial charge in [-0.3, -0.25) is 4.90 Å². The van der Waals surface area contributed by atoms with Gasteiger partial charge in [0.25, 0.3) is 0 Å². The van der Waals surface area contributed by atoms with Crippen LogP contribution in [0.1, 0.15) is 30.5 Å². The van der Waals surface area contributed by atoms with Crippen LogP contribution in [0.3, 0.4) is 0 Å². The van der Waals surface area contributed by atoms with Crippen molar-refractivity contribution in [3.05, 3.63) is 34.1 Å². The Labute approximate surface area is 150 Å². The lowest BCUT2D eigenvalue weighted by Gasteiger charge is -2.36. The van der Waals surface area contributed by atoms with Crippen LogP contribution in [0.4, 0.5) is 17.6 Å². The molecule has 1 heterocycles. The van der Waals surface area contributed by atoms with Crippen LogP contribution in [0.5, 0.6) is 0 Å². The Morgan fingerprint density at radius 1 is 1.22 bits per heavy atom. The molecule has 1 aliphatic rings. The van der Waals surface area contributed by atoms with E-state index in [1.165, 1.54) is 0 Å². The van der Waals surface area contributed by atoms with E-state index in [0.29, 0.717) is 32.6 Å². The molecule has 0 bridgehead atoms. The molecule has 0 radical (unpaired) electrons. The minimum absolute atomic E-state index is 0. The number of alkyl halides is 3. The van der Waals surface area contributed by atoms with E-state index in [2.05, 4.69) is 5.32 Å². The molecule has 1 fully saturated rings. The van der Waals surface area contributed by atoms with Crippen molar-refractivity contribution in [1.82, 2.24) is 10.2 Å². The molecule has 0 amide bonds. The first-order valence-electron chi connectivity index (χ1n) is 6.86. The van der Waals surface area contributed by atoms with Crippen molar-refractivity contribution < 1.29 is 17.6 Å². The summed E-state index contributed by atoms with van der Waals surface area (Å²) in [7, 11) is 0. The van der Waals surface area contributed by atoms with Crippen molar-refractivity contribution in [2.45, 2.75) is 25.6 Å². The fraction of sp³-hybridized carbons (Fsp3) is 0.571. The van der Waals surface area contributed by atoms with Crippen LogP contribution >= 0.6 is 36.4 Å². The molecule has 1 N–H and O–H groups in total. The molecule has 0 aliphatic carbocycles. The molecule has 0 saturated carbocycles. The number of hydrogen-bond acceptors (Lipinski definition) is 2. The summed E-state index contributed by atoms with van der Waals surface area (Å²) < 4.78 is 53.9. The highest BCUT2D eigenvalue weighted by Crippen LogP contribution is 2.40. The van der Waals surface area contributed by atoms with Crippen molar-refractivity contribution in [3.8, 4) is 0 Å². The van der Waals surface area contributed by atoms with Crippen LogP contribution in [0.15, 0.2) is 12.1 Å². The maximum atomic E-state index is 14.3. The van der Waals surface area contributed by atoms with Crippen LogP contribution in [0.2, 0.25) is 5.02 Å². The van der Waals surface area contributed by atoms with Gasteiger partial charge in [-0.2, -0.15) is 13.2 Å². The lowest BCUT2D eigenvalue weighted by molar-refractivity contribution is -0.139. The van der Waals surface area contributed by atoms with Crippen LogP contribution in [-0.4, -0.2) is 31.1 Å². The average Bonchev–Trinajstić information content (AvgIpc) is 2.44. The number of halogens is 7. The van der Waals surface area contributed by atoms with Gasteiger partial charge in [0.1, 0.15) is 5.82 Å². The molecule has 2 rings (SSSR count). The van der Waals surface area contributed by atoms with E-state index in [1.807, 2.05) is 4.90 Å². The fourth-order valence-electron chi connectivity index (χ4n) is 2.78. The summed E-state index contributed by atoms with van der Waals surface area (Å²) in [6.07, 6.45) is -4.21. The summed E-state index contributed by atoms with van der Waals surface area (Å²) in [5.41, 5.74) is -1.27. The van der Waals surface area contributed by atoms with Crippen LogP contribution in [-0.2, 0) is 6.18 Å². The number of hydrogen-bond donors (Lipinski definition) is 1. The normalized spacial score (nSPS) is 17.1. The molecule has 1 aliphatic heterocycles. The number of nitrogens with one attached hydrogen (secondary N) is 1. The first kappa shape index (κ1) is 22.7. The summed E-state index contributed by atoms with van der Waals surface area (Å²) in [4.78, 5) is 1.88. The van der Waals surface area contributed by atoms with Gasteiger partial charge in [-0.1, -0.05) is 18.5 Å². The Balaban J connectivity index is 0.00000242. The molecule has 0 aromatic heterocycles. The van der Waals surface area contributed by atoms with E-state index in [9.17, 15) is 17.6 Å². The summed E-state index contributed by atoms with van der Waals surface area (Å²) in [6, 6.07) is 1.21. The number of benzene rings is 1. The molecule has 0 unspecified atom stereocenters. The Hall–Kier alpha value is -0.270. The second-order valence-corrected chi connectivity index (χ2v) is 5.44. The smallest absolute Gasteiger partial charge is 0.314 e. The SMILES string of the molecule is CC[C@@H](c1c(C(F)(F)F)ccc(Cl)c1F)N1CCNCC1.Cl.Cl. The number of piperazine rings is 1. The number of rotatable bonds is 3. The third-order valence-corrected chi connectivity index (χ3v) is 4.04. The van der Waals surface area contributed by atoms with Crippen LogP contribution in [0.25, 0.3) is 0 Å². The van der Waals surface area contributed by atoms with Gasteiger partial charge in [-0.25, -0.2) is 4.39 Å². The summed E-state index contributed by atoms with van der Waals surface area (Å²) in [5, 5.41) is 2.86. The van der Waals surface area contributed by atoms with Gasteiger partial charge in [0.05, 0.1) is 10.6 Å². The van der Waals surface area contributed by atoms with Gasteiger partial charge in [0.15, 0.2) is 0 Å². The maximum Gasteiger partial charge on any atom is 0.416 e. The third kappa shape index (κ3) is 5.10. The quantitative estimate of drug-likeness (QED) is 0.744. The van der Waals surface area contributed by atoms with E-state index >= 15 is 0 Å². The van der Waals surface area contributed by atoms with Crippen molar-refractivity contribution in [2.24, 2.45) is 0 Å². The number of nitrogens with zero attached hydrogens (tertiary/aromatic N) is 1. The zero-order valence-electron chi connectivity index (χ0n) is 12.4. The van der Waals surface area contributed by atoms with Crippen LogP contribution < -0.4 is 5.32 Å². The first-order valence-corrected chi connectivity index (χ1v) is 7.24. The standard InChI is InChI=1S/C14H17ClF4N2.2ClH/c1-2-11(21-7-5-20-6-8-21)12-9(14(17,18)19)3-4-10(15)13(12)16;;/h3-4,11,20H,2,5-8H2,1H3;2*1H/t11-;;/m0../s1. The Bertz CT molecular complexity index is 506. The van der Waals surface area contributed by atoms with Gasteiger partial charge in [0.2, 0.25) is 0 Å². The van der Waals surface area contributed by atoms with E-state index in [-0.39, 0.29) is 35.4 Å². The monoisotopic (exact) mass is 396 g/mol. The maximum absolute atomic E-state index is 14.3. The minimum Gasteiger partial charge on any atom is -0.314 e. The molecule has 1 aromatic rings. The second-order valence-electron chi connectivity index (χ2n) is 5.03. The molecule has 9 heteroatoms. The molecule has 23 heavy (non-hydrogen) atoms. The molecule has 1 atom stereocenters. The van der Waals surface area contributed by atoms with Crippen molar-refractivity contribution in [1.29, 1.82) is 0 Å². The Morgan fingerprint density at radius 2 is 1.78 bits per heavy atom. The van der Waals surface area contributed by atoms with E-state index in [1.54, 1.807) is 6.92 Å². The molecule has 0 spiro atoms. The topological polar surface area (TPSA) is 15.3 Å². The zero-order chi connectivity index (χ0) is 15.6. The van der Waals surface area contributed by atoms with Crippen molar-refractivity contribution >= 4 is 36.4 Å². The Morgan fingerprint density at radius 3 is 2.26 bits per heavy atom.